The van der Waals surface area contributed by atoms with E-state index in [0.717, 1.165) is 24.3 Å². The molecule has 1 aromatic heterocycles. The van der Waals surface area contributed by atoms with Crippen LogP contribution in [-0.4, -0.2) is 45.0 Å². The van der Waals surface area contributed by atoms with Crippen LogP contribution in [0, 0.1) is 6.92 Å². The van der Waals surface area contributed by atoms with Gasteiger partial charge in [-0.2, -0.15) is 0 Å². The molecule has 2 aromatic rings. The number of benzene rings is 1. The Morgan fingerprint density at radius 2 is 1.87 bits per heavy atom. The first kappa shape index (κ1) is 22.6. The zero-order valence-corrected chi connectivity index (χ0v) is 19.3. The van der Waals surface area contributed by atoms with Gasteiger partial charge in [-0.1, -0.05) is 17.7 Å². The molecule has 0 atom stereocenters. The van der Waals surface area contributed by atoms with Crippen molar-refractivity contribution in [2.45, 2.75) is 55.7 Å². The highest BCUT2D eigenvalue weighted by atomic mass is 32.2. The first-order valence-electron chi connectivity index (χ1n) is 10.3. The standard InChI is InChI=1S/C23H32N2O4S/c1-17-6-8-20(28-5)19(14-17)23(10-12-29-13-11-23)16-25-18-7-9-21(24-15-18)30(26,27)22(2,3)4/h6-9,14-15,25H,10-13,16H2,1-5H3. The third-order valence-electron chi connectivity index (χ3n) is 5.82. The van der Waals surface area contributed by atoms with Crippen LogP contribution in [0.3, 0.4) is 0 Å². The summed E-state index contributed by atoms with van der Waals surface area (Å²) in [5.41, 5.74) is 3.03. The third kappa shape index (κ3) is 4.47. The lowest BCUT2D eigenvalue weighted by Crippen LogP contribution is -2.40. The van der Waals surface area contributed by atoms with Crippen molar-refractivity contribution in [3.63, 3.8) is 0 Å². The van der Waals surface area contributed by atoms with E-state index in [1.807, 2.05) is 6.07 Å². The fourth-order valence-electron chi connectivity index (χ4n) is 3.77. The van der Waals surface area contributed by atoms with Crippen molar-refractivity contribution in [2.75, 3.05) is 32.2 Å². The van der Waals surface area contributed by atoms with E-state index in [1.165, 1.54) is 11.1 Å². The molecule has 1 aliphatic heterocycles. The van der Waals surface area contributed by atoms with Crippen LogP contribution >= 0.6 is 0 Å². The second-order valence-electron chi connectivity index (χ2n) is 8.95. The van der Waals surface area contributed by atoms with Crippen LogP contribution in [-0.2, 0) is 20.0 Å². The molecule has 2 heterocycles. The summed E-state index contributed by atoms with van der Waals surface area (Å²) < 4.78 is 35.6. The van der Waals surface area contributed by atoms with Crippen molar-refractivity contribution in [1.82, 2.24) is 4.98 Å². The number of hydrogen-bond acceptors (Lipinski definition) is 6. The van der Waals surface area contributed by atoms with Gasteiger partial charge in [0.15, 0.2) is 14.9 Å². The Bertz CT molecular complexity index is 973. The van der Waals surface area contributed by atoms with E-state index in [0.29, 0.717) is 19.8 Å². The third-order valence-corrected chi connectivity index (χ3v) is 8.23. The fourth-order valence-corrected chi connectivity index (χ4v) is 4.83. The number of sulfone groups is 1. The molecule has 1 saturated heterocycles. The highest BCUT2D eigenvalue weighted by Gasteiger charge is 2.37. The van der Waals surface area contributed by atoms with Crippen LogP contribution in [0.1, 0.15) is 44.7 Å². The summed E-state index contributed by atoms with van der Waals surface area (Å²) in [6, 6.07) is 9.64. The molecule has 3 rings (SSSR count). The van der Waals surface area contributed by atoms with E-state index >= 15 is 0 Å². The van der Waals surface area contributed by atoms with Crippen molar-refractivity contribution < 1.29 is 17.9 Å². The molecule has 1 N–H and O–H groups in total. The number of aryl methyl sites for hydroxylation is 1. The van der Waals surface area contributed by atoms with Crippen molar-refractivity contribution in [2.24, 2.45) is 0 Å². The van der Waals surface area contributed by atoms with Crippen LogP contribution in [0.25, 0.3) is 0 Å². The van der Waals surface area contributed by atoms with Crippen LogP contribution in [0.5, 0.6) is 5.75 Å². The van der Waals surface area contributed by atoms with E-state index in [4.69, 9.17) is 9.47 Å². The minimum absolute atomic E-state index is 0.0988. The van der Waals surface area contributed by atoms with Crippen LogP contribution < -0.4 is 10.1 Å². The topological polar surface area (TPSA) is 77.5 Å². The van der Waals surface area contributed by atoms with Gasteiger partial charge in [0.25, 0.3) is 0 Å². The minimum atomic E-state index is -3.47. The number of aromatic nitrogens is 1. The van der Waals surface area contributed by atoms with Gasteiger partial charge >= 0.3 is 0 Å². The summed E-state index contributed by atoms with van der Waals surface area (Å²) in [7, 11) is -1.77. The number of methoxy groups -OCH3 is 1. The number of nitrogens with zero attached hydrogens (tertiary/aromatic N) is 1. The SMILES string of the molecule is COc1ccc(C)cc1C1(CNc2ccc(S(=O)(=O)C(C)(C)C)nc2)CCOCC1. The number of rotatable bonds is 6. The van der Waals surface area contributed by atoms with Crippen molar-refractivity contribution >= 4 is 15.5 Å². The molecule has 1 aromatic carbocycles. The molecule has 0 spiro atoms. The Labute approximate surface area is 179 Å². The molecular weight excluding hydrogens is 400 g/mol. The summed E-state index contributed by atoms with van der Waals surface area (Å²) in [5.74, 6) is 0.883. The normalized spacial score (nSPS) is 16.8. The average Bonchev–Trinajstić information content (AvgIpc) is 2.72. The number of hydrogen-bond donors (Lipinski definition) is 1. The number of nitrogens with one attached hydrogen (secondary N) is 1. The molecule has 0 saturated carbocycles. The van der Waals surface area contributed by atoms with E-state index < -0.39 is 14.6 Å². The van der Waals surface area contributed by atoms with Gasteiger partial charge in [-0.15, -0.1) is 0 Å². The largest absolute Gasteiger partial charge is 0.496 e. The molecule has 30 heavy (non-hydrogen) atoms. The van der Waals surface area contributed by atoms with E-state index in [9.17, 15) is 8.42 Å². The summed E-state index contributed by atoms with van der Waals surface area (Å²) in [5, 5.41) is 3.57. The molecule has 0 bridgehead atoms. The van der Waals surface area contributed by atoms with E-state index in [-0.39, 0.29) is 10.4 Å². The number of anilines is 1. The summed E-state index contributed by atoms with van der Waals surface area (Å²) in [4.78, 5) is 4.22. The molecule has 6 nitrogen and oxygen atoms in total. The Balaban J connectivity index is 1.85. The second-order valence-corrected chi connectivity index (χ2v) is 11.6. The molecule has 1 aliphatic rings. The Morgan fingerprint density at radius 1 is 1.17 bits per heavy atom. The highest BCUT2D eigenvalue weighted by molar-refractivity contribution is 7.92. The zero-order valence-electron chi connectivity index (χ0n) is 18.5. The van der Waals surface area contributed by atoms with Crippen LogP contribution in [0.2, 0.25) is 0 Å². The first-order chi connectivity index (χ1) is 14.1. The van der Waals surface area contributed by atoms with Gasteiger partial charge in [0, 0.05) is 30.7 Å². The van der Waals surface area contributed by atoms with Gasteiger partial charge in [-0.3, -0.25) is 0 Å². The minimum Gasteiger partial charge on any atom is -0.496 e. The maximum absolute atomic E-state index is 12.6. The Kier molecular flexibility index (Phi) is 6.43. The molecule has 0 amide bonds. The molecule has 0 aliphatic carbocycles. The van der Waals surface area contributed by atoms with Gasteiger partial charge in [0.05, 0.1) is 23.7 Å². The first-order valence-corrected chi connectivity index (χ1v) is 11.7. The molecule has 1 fully saturated rings. The number of ether oxygens (including phenoxy) is 2. The number of pyridine rings is 1. The second kappa shape index (κ2) is 8.55. The lowest BCUT2D eigenvalue weighted by molar-refractivity contribution is 0.0535. The monoisotopic (exact) mass is 432 g/mol. The lowest BCUT2D eigenvalue weighted by atomic mass is 9.73. The predicted molar refractivity (Wildman–Crippen MR) is 119 cm³/mol. The molecule has 0 unspecified atom stereocenters. The molecular formula is C23H32N2O4S. The smallest absolute Gasteiger partial charge is 0.200 e. The Hall–Kier alpha value is -2.12. The fraction of sp³-hybridized carbons (Fsp3) is 0.522. The maximum atomic E-state index is 12.6. The maximum Gasteiger partial charge on any atom is 0.200 e. The van der Waals surface area contributed by atoms with Crippen molar-refractivity contribution in [1.29, 1.82) is 0 Å². The van der Waals surface area contributed by atoms with Crippen LogP contribution in [0.4, 0.5) is 5.69 Å². The Morgan fingerprint density at radius 3 is 2.43 bits per heavy atom. The van der Waals surface area contributed by atoms with Gasteiger partial charge < -0.3 is 14.8 Å². The zero-order chi connectivity index (χ0) is 22.0. The highest BCUT2D eigenvalue weighted by Crippen LogP contribution is 2.40. The van der Waals surface area contributed by atoms with E-state index in [2.05, 4.69) is 29.4 Å². The quantitative estimate of drug-likeness (QED) is 0.740. The van der Waals surface area contributed by atoms with Gasteiger partial charge in [0.1, 0.15) is 5.75 Å². The molecule has 7 heteroatoms. The molecule has 0 radical (unpaired) electrons. The van der Waals surface area contributed by atoms with Crippen molar-refractivity contribution in [3.8, 4) is 5.75 Å². The van der Waals surface area contributed by atoms with Crippen LogP contribution in [0.15, 0.2) is 41.6 Å². The summed E-state index contributed by atoms with van der Waals surface area (Å²) in [6.45, 7) is 9.20. The van der Waals surface area contributed by atoms with E-state index in [1.54, 1.807) is 46.2 Å². The average molecular weight is 433 g/mol. The molecule has 164 valence electrons. The van der Waals surface area contributed by atoms with Gasteiger partial charge in [-0.05, 0) is 58.7 Å². The lowest BCUT2D eigenvalue weighted by Gasteiger charge is -2.39. The predicted octanol–water partition coefficient (Wildman–Crippen LogP) is 4.13. The van der Waals surface area contributed by atoms with Gasteiger partial charge in [-0.25, -0.2) is 13.4 Å². The van der Waals surface area contributed by atoms with Crippen molar-refractivity contribution in [3.05, 3.63) is 47.7 Å². The summed E-state index contributed by atoms with van der Waals surface area (Å²) >= 11 is 0. The van der Waals surface area contributed by atoms with Gasteiger partial charge in [0.2, 0.25) is 0 Å². The summed E-state index contributed by atoms with van der Waals surface area (Å²) in [6.07, 6.45) is 3.35.